The maximum Gasteiger partial charge on any atom is 0.0579 e. The van der Waals surface area contributed by atoms with Crippen molar-refractivity contribution in [3.05, 3.63) is 42.1 Å². The van der Waals surface area contributed by atoms with Gasteiger partial charge in [0.05, 0.1) is 11.4 Å². The highest BCUT2D eigenvalue weighted by Gasteiger charge is 2.11. The number of aliphatic imine (C=N–C) groups is 1. The first-order valence-corrected chi connectivity index (χ1v) is 6.96. The zero-order chi connectivity index (χ0) is 12.6. The Morgan fingerprint density at radius 1 is 1.22 bits per heavy atom. The van der Waals surface area contributed by atoms with E-state index in [1.54, 1.807) is 0 Å². The Bertz CT molecular complexity index is 418. The molecular formula is C16H22N2. The van der Waals surface area contributed by atoms with E-state index in [9.17, 15) is 0 Å². The first-order valence-electron chi connectivity index (χ1n) is 6.96. The number of allylic oxidation sites excluding steroid dienone is 2. The Hall–Kier alpha value is -1.57. The third-order valence-corrected chi connectivity index (χ3v) is 3.14. The van der Waals surface area contributed by atoms with Crippen LogP contribution in [-0.2, 0) is 0 Å². The van der Waals surface area contributed by atoms with Gasteiger partial charge in [0.1, 0.15) is 0 Å². The number of hydrogen-bond donors (Lipinski definition) is 1. The van der Waals surface area contributed by atoms with Crippen LogP contribution >= 0.6 is 0 Å². The van der Waals surface area contributed by atoms with E-state index in [0.29, 0.717) is 0 Å². The number of benzene rings is 1. The second kappa shape index (κ2) is 7.00. The molecule has 0 spiro atoms. The highest BCUT2D eigenvalue weighted by molar-refractivity contribution is 6.03. The molecule has 1 aromatic carbocycles. The predicted molar refractivity (Wildman–Crippen MR) is 79.2 cm³/mol. The molecule has 2 rings (SSSR count). The van der Waals surface area contributed by atoms with Gasteiger partial charge in [-0.3, -0.25) is 4.99 Å². The van der Waals surface area contributed by atoms with Crippen molar-refractivity contribution in [3.63, 3.8) is 0 Å². The fourth-order valence-corrected chi connectivity index (χ4v) is 2.10. The topological polar surface area (TPSA) is 24.4 Å². The number of hydrogen-bond acceptors (Lipinski definition) is 2. The van der Waals surface area contributed by atoms with Crippen LogP contribution < -0.4 is 5.32 Å². The smallest absolute Gasteiger partial charge is 0.0579 e. The quantitative estimate of drug-likeness (QED) is 0.760. The molecule has 1 N–H and O–H groups in total. The lowest BCUT2D eigenvalue weighted by atomic mass is 10.0. The molecule has 0 saturated carbocycles. The lowest BCUT2D eigenvalue weighted by Gasteiger charge is -2.18. The van der Waals surface area contributed by atoms with E-state index in [0.717, 1.165) is 25.1 Å². The zero-order valence-electron chi connectivity index (χ0n) is 11.2. The van der Waals surface area contributed by atoms with Crippen LogP contribution in [-0.4, -0.2) is 12.3 Å². The average molecular weight is 242 g/mol. The van der Waals surface area contributed by atoms with E-state index in [1.165, 1.54) is 30.7 Å². The third-order valence-electron chi connectivity index (χ3n) is 3.14. The predicted octanol–water partition coefficient (Wildman–Crippen LogP) is 4.41. The van der Waals surface area contributed by atoms with Crippen LogP contribution in [0.4, 0.5) is 5.69 Å². The fraction of sp³-hybridized carbons (Fsp3) is 0.438. The molecule has 0 atom stereocenters. The summed E-state index contributed by atoms with van der Waals surface area (Å²) >= 11 is 0. The molecule has 1 aromatic rings. The number of para-hydroxylation sites is 1. The van der Waals surface area contributed by atoms with E-state index in [2.05, 4.69) is 42.6 Å². The van der Waals surface area contributed by atoms with Crippen LogP contribution in [0.2, 0.25) is 0 Å². The minimum absolute atomic E-state index is 0.958. The summed E-state index contributed by atoms with van der Waals surface area (Å²) < 4.78 is 0. The Morgan fingerprint density at radius 2 is 2.06 bits per heavy atom. The highest BCUT2D eigenvalue weighted by atomic mass is 14.9. The Kier molecular flexibility index (Phi) is 5.00. The van der Waals surface area contributed by atoms with Crippen LogP contribution in [0.15, 0.2) is 47.1 Å². The normalized spacial score (nSPS) is 17.6. The maximum absolute atomic E-state index is 4.74. The summed E-state index contributed by atoms with van der Waals surface area (Å²) in [5, 5.41) is 3.49. The van der Waals surface area contributed by atoms with Gasteiger partial charge in [-0.15, -0.1) is 0 Å². The summed E-state index contributed by atoms with van der Waals surface area (Å²) in [4.78, 5) is 4.74. The van der Waals surface area contributed by atoms with Crippen molar-refractivity contribution < 1.29 is 0 Å². The molecule has 0 aliphatic heterocycles. The summed E-state index contributed by atoms with van der Waals surface area (Å²) in [6, 6.07) is 10.3. The second-order valence-corrected chi connectivity index (χ2v) is 4.68. The summed E-state index contributed by atoms with van der Waals surface area (Å²) in [6.07, 6.45) is 8.16. The lowest BCUT2D eigenvalue weighted by Crippen LogP contribution is -2.15. The van der Waals surface area contributed by atoms with Crippen LogP contribution in [0.5, 0.6) is 0 Å². The monoisotopic (exact) mass is 242 g/mol. The van der Waals surface area contributed by atoms with Crippen molar-refractivity contribution >= 4 is 11.4 Å². The minimum atomic E-state index is 0.958. The first kappa shape index (κ1) is 12.9. The molecule has 2 nitrogen and oxygen atoms in total. The summed E-state index contributed by atoms with van der Waals surface area (Å²) in [5.41, 5.74) is 3.61. The van der Waals surface area contributed by atoms with Gasteiger partial charge in [-0.25, -0.2) is 0 Å². The highest BCUT2D eigenvalue weighted by Crippen LogP contribution is 2.18. The number of nitrogens with one attached hydrogen (secondary N) is 1. The van der Waals surface area contributed by atoms with Crippen molar-refractivity contribution in [1.29, 1.82) is 0 Å². The van der Waals surface area contributed by atoms with E-state index in [1.807, 2.05) is 6.07 Å². The Labute approximate surface area is 110 Å². The standard InChI is InChI=1S/C16H22N2/c1-2-3-13-17-15-11-7-8-12-16(15)18-14-9-5-4-6-10-14/h4-6,9-10,12,18H,2-3,7-8,11,13H2,1H3. The molecule has 1 aliphatic carbocycles. The molecule has 0 saturated heterocycles. The van der Waals surface area contributed by atoms with Gasteiger partial charge in [0, 0.05) is 12.2 Å². The van der Waals surface area contributed by atoms with Gasteiger partial charge in [0.25, 0.3) is 0 Å². The molecule has 0 radical (unpaired) electrons. The van der Waals surface area contributed by atoms with Crippen molar-refractivity contribution in [2.75, 3.05) is 11.9 Å². The van der Waals surface area contributed by atoms with Crippen LogP contribution in [0, 0.1) is 0 Å². The zero-order valence-corrected chi connectivity index (χ0v) is 11.2. The van der Waals surface area contributed by atoms with Crippen LogP contribution in [0.3, 0.4) is 0 Å². The molecule has 0 fully saturated rings. The van der Waals surface area contributed by atoms with E-state index in [4.69, 9.17) is 4.99 Å². The van der Waals surface area contributed by atoms with Gasteiger partial charge >= 0.3 is 0 Å². The maximum atomic E-state index is 4.74. The molecule has 0 amide bonds. The molecule has 1 aliphatic rings. The Balaban J connectivity index is 2.04. The number of unbranched alkanes of at least 4 members (excludes halogenated alkanes) is 1. The third kappa shape index (κ3) is 3.73. The van der Waals surface area contributed by atoms with Crippen LogP contribution in [0.1, 0.15) is 39.0 Å². The number of rotatable bonds is 5. The van der Waals surface area contributed by atoms with E-state index >= 15 is 0 Å². The Morgan fingerprint density at radius 3 is 2.83 bits per heavy atom. The lowest BCUT2D eigenvalue weighted by molar-refractivity contribution is 0.795. The molecular weight excluding hydrogens is 220 g/mol. The molecule has 0 bridgehead atoms. The van der Waals surface area contributed by atoms with Crippen LogP contribution in [0.25, 0.3) is 0 Å². The van der Waals surface area contributed by atoms with Gasteiger partial charge in [-0.05, 0) is 37.8 Å². The van der Waals surface area contributed by atoms with Gasteiger partial charge in [0.15, 0.2) is 0 Å². The van der Waals surface area contributed by atoms with E-state index < -0.39 is 0 Å². The number of anilines is 1. The van der Waals surface area contributed by atoms with Crippen molar-refractivity contribution in [3.8, 4) is 0 Å². The molecule has 18 heavy (non-hydrogen) atoms. The van der Waals surface area contributed by atoms with E-state index in [-0.39, 0.29) is 0 Å². The number of nitrogens with zero attached hydrogens (tertiary/aromatic N) is 1. The SMILES string of the molecule is CCCCN=C1CCCC=C1Nc1ccccc1. The summed E-state index contributed by atoms with van der Waals surface area (Å²) in [5.74, 6) is 0. The van der Waals surface area contributed by atoms with Gasteiger partial charge in [-0.1, -0.05) is 37.6 Å². The first-order chi connectivity index (χ1) is 8.90. The van der Waals surface area contributed by atoms with Crippen molar-refractivity contribution in [2.24, 2.45) is 4.99 Å². The molecule has 2 heteroatoms. The van der Waals surface area contributed by atoms with Crippen molar-refractivity contribution in [1.82, 2.24) is 0 Å². The fourth-order valence-electron chi connectivity index (χ4n) is 2.10. The molecule has 0 aromatic heterocycles. The minimum Gasteiger partial charge on any atom is -0.354 e. The van der Waals surface area contributed by atoms with Gasteiger partial charge in [0.2, 0.25) is 0 Å². The summed E-state index contributed by atoms with van der Waals surface area (Å²) in [6.45, 7) is 3.17. The molecule has 0 heterocycles. The average Bonchev–Trinajstić information content (AvgIpc) is 2.42. The molecule has 96 valence electrons. The largest absolute Gasteiger partial charge is 0.354 e. The second-order valence-electron chi connectivity index (χ2n) is 4.68. The van der Waals surface area contributed by atoms with Gasteiger partial charge < -0.3 is 5.32 Å². The van der Waals surface area contributed by atoms with Crippen molar-refractivity contribution in [2.45, 2.75) is 39.0 Å². The van der Waals surface area contributed by atoms with Gasteiger partial charge in [-0.2, -0.15) is 0 Å². The summed E-state index contributed by atoms with van der Waals surface area (Å²) in [7, 11) is 0. The molecule has 0 unspecified atom stereocenters.